The molecule has 4 fully saturated rings. The Labute approximate surface area is 206 Å². The van der Waals surface area contributed by atoms with Crippen LogP contribution in [-0.2, 0) is 19.6 Å². The van der Waals surface area contributed by atoms with E-state index in [4.69, 9.17) is 9.90 Å². The number of aromatic nitrogens is 1. The fourth-order valence-electron chi connectivity index (χ4n) is 5.99. The second-order valence-electron chi connectivity index (χ2n) is 9.80. The highest BCUT2D eigenvalue weighted by atomic mass is 32.2. The van der Waals surface area contributed by atoms with E-state index >= 15 is 0 Å². The molecule has 3 N–H and O–H groups in total. The number of carboxylic acid groups (broad SMARTS) is 1. The highest BCUT2D eigenvalue weighted by Crippen LogP contribution is 2.60. The molecule has 194 valence electrons. The predicted molar refractivity (Wildman–Crippen MR) is 124 cm³/mol. The van der Waals surface area contributed by atoms with Gasteiger partial charge in [-0.15, -0.1) is 0 Å². The average Bonchev–Trinajstić information content (AvgIpc) is 2.79. The van der Waals surface area contributed by atoms with Crippen LogP contribution in [0.1, 0.15) is 38.5 Å². The molecule has 1 heterocycles. The zero-order valence-corrected chi connectivity index (χ0v) is 20.0. The molecule has 0 unspecified atom stereocenters. The highest BCUT2D eigenvalue weighted by molar-refractivity contribution is 7.92. The molecule has 1 aromatic heterocycles. The molecule has 0 spiro atoms. The van der Waals surface area contributed by atoms with Gasteiger partial charge in [-0.3, -0.25) is 9.52 Å². The van der Waals surface area contributed by atoms with E-state index in [9.17, 15) is 26.4 Å². The van der Waals surface area contributed by atoms with Gasteiger partial charge in [0.15, 0.2) is 0 Å². The minimum Gasteiger partial charge on any atom is -0.475 e. The van der Waals surface area contributed by atoms with Gasteiger partial charge < -0.3 is 10.4 Å². The number of halogens is 3. The normalized spacial score (nSPS) is 26.5. The SMILES string of the molecule is O=C(Nc1ccc(S(=O)(=O)Nc2ccccn2)cc1)C12CC3CC(CC(C3)C1)C2.O=C(O)C(F)(F)F. The lowest BCUT2D eigenvalue weighted by Gasteiger charge is -2.55. The first kappa shape index (κ1) is 25.9. The van der Waals surface area contributed by atoms with Gasteiger partial charge in [-0.05, 0) is 92.7 Å². The zero-order chi connectivity index (χ0) is 26.1. The van der Waals surface area contributed by atoms with Crippen LogP contribution in [0.3, 0.4) is 0 Å². The van der Waals surface area contributed by atoms with Crippen LogP contribution >= 0.6 is 0 Å². The lowest BCUT2D eigenvalue weighted by Crippen LogP contribution is -2.51. The molecule has 4 aliphatic carbocycles. The molecule has 4 saturated carbocycles. The first-order chi connectivity index (χ1) is 16.9. The molecular weight excluding hydrogens is 499 g/mol. The second kappa shape index (κ2) is 9.72. The lowest BCUT2D eigenvalue weighted by atomic mass is 9.49. The molecule has 6 rings (SSSR count). The predicted octanol–water partition coefficient (Wildman–Crippen LogP) is 4.67. The third kappa shape index (κ3) is 5.80. The fourth-order valence-corrected chi connectivity index (χ4v) is 7.00. The summed E-state index contributed by atoms with van der Waals surface area (Å²) in [5, 5.41) is 10.2. The molecule has 4 aliphatic rings. The maximum atomic E-state index is 13.1. The Morgan fingerprint density at radius 3 is 1.92 bits per heavy atom. The summed E-state index contributed by atoms with van der Waals surface area (Å²) in [7, 11) is -3.72. The number of benzene rings is 1. The molecule has 0 aliphatic heterocycles. The van der Waals surface area contributed by atoms with Crippen LogP contribution < -0.4 is 10.0 Å². The van der Waals surface area contributed by atoms with Crippen molar-refractivity contribution >= 4 is 33.4 Å². The largest absolute Gasteiger partial charge is 0.490 e. The number of carbonyl (C=O) groups excluding carboxylic acids is 1. The van der Waals surface area contributed by atoms with Gasteiger partial charge in [0.1, 0.15) is 5.82 Å². The van der Waals surface area contributed by atoms with Crippen molar-refractivity contribution in [2.75, 3.05) is 10.0 Å². The molecule has 1 aromatic carbocycles. The van der Waals surface area contributed by atoms with Crippen LogP contribution in [0.15, 0.2) is 53.6 Å². The van der Waals surface area contributed by atoms with Crippen molar-refractivity contribution in [3.05, 3.63) is 48.7 Å². The van der Waals surface area contributed by atoms with Gasteiger partial charge in [0, 0.05) is 11.9 Å². The smallest absolute Gasteiger partial charge is 0.475 e. The second-order valence-corrected chi connectivity index (χ2v) is 11.5. The van der Waals surface area contributed by atoms with Gasteiger partial charge in [0.25, 0.3) is 10.0 Å². The van der Waals surface area contributed by atoms with E-state index in [1.807, 2.05) is 0 Å². The summed E-state index contributed by atoms with van der Waals surface area (Å²) < 4.78 is 59.2. The van der Waals surface area contributed by atoms with E-state index < -0.39 is 22.2 Å². The molecule has 2 aromatic rings. The van der Waals surface area contributed by atoms with Crippen molar-refractivity contribution in [1.29, 1.82) is 0 Å². The summed E-state index contributed by atoms with van der Waals surface area (Å²) in [4.78, 5) is 26.2. The van der Waals surface area contributed by atoms with E-state index in [0.717, 1.165) is 19.3 Å². The maximum Gasteiger partial charge on any atom is 0.490 e. The Balaban J connectivity index is 0.000000384. The monoisotopic (exact) mass is 525 g/mol. The third-order valence-corrected chi connectivity index (χ3v) is 8.46. The Morgan fingerprint density at radius 2 is 1.47 bits per heavy atom. The number of nitrogens with one attached hydrogen (secondary N) is 2. The number of rotatable bonds is 5. The minimum absolute atomic E-state index is 0.110. The number of amides is 1. The fraction of sp³-hybridized carbons (Fsp3) is 0.458. The first-order valence-electron chi connectivity index (χ1n) is 11.5. The molecule has 36 heavy (non-hydrogen) atoms. The Bertz CT molecular complexity index is 1180. The number of carboxylic acids is 1. The molecule has 4 bridgehead atoms. The minimum atomic E-state index is -5.08. The number of nitrogens with zero attached hydrogens (tertiary/aromatic N) is 1. The van der Waals surface area contributed by atoms with Crippen LogP contribution in [0, 0.1) is 23.2 Å². The van der Waals surface area contributed by atoms with E-state index in [2.05, 4.69) is 15.0 Å². The summed E-state index contributed by atoms with van der Waals surface area (Å²) in [6.07, 6.45) is 3.34. The molecule has 0 atom stereocenters. The summed E-state index contributed by atoms with van der Waals surface area (Å²) in [6, 6.07) is 11.4. The molecule has 12 heteroatoms. The van der Waals surface area contributed by atoms with E-state index in [-0.39, 0.29) is 22.0 Å². The number of pyridine rings is 1. The number of aliphatic carboxylic acids is 1. The lowest BCUT2D eigenvalue weighted by molar-refractivity contribution is -0.192. The number of hydrogen-bond acceptors (Lipinski definition) is 5. The molecule has 0 radical (unpaired) electrons. The van der Waals surface area contributed by atoms with E-state index in [1.165, 1.54) is 37.6 Å². The van der Waals surface area contributed by atoms with Crippen molar-refractivity contribution < 1.29 is 36.3 Å². The van der Waals surface area contributed by atoms with Crippen LogP contribution in [0.25, 0.3) is 0 Å². The number of hydrogen-bond donors (Lipinski definition) is 3. The number of carbonyl (C=O) groups is 2. The third-order valence-electron chi connectivity index (χ3n) is 7.09. The topological polar surface area (TPSA) is 125 Å². The van der Waals surface area contributed by atoms with Crippen molar-refractivity contribution in [3.63, 3.8) is 0 Å². The van der Waals surface area contributed by atoms with Crippen LogP contribution in [0.4, 0.5) is 24.7 Å². The summed E-state index contributed by atoms with van der Waals surface area (Å²) in [5.41, 5.74) is 0.419. The van der Waals surface area contributed by atoms with Crippen molar-refractivity contribution in [2.24, 2.45) is 23.2 Å². The molecule has 1 amide bonds. The summed E-state index contributed by atoms with van der Waals surface area (Å²) in [6.45, 7) is 0. The average molecular weight is 526 g/mol. The van der Waals surface area contributed by atoms with Crippen molar-refractivity contribution in [2.45, 2.75) is 49.6 Å². The number of anilines is 2. The van der Waals surface area contributed by atoms with Gasteiger partial charge >= 0.3 is 12.1 Å². The van der Waals surface area contributed by atoms with Crippen LogP contribution in [0.5, 0.6) is 0 Å². The standard InChI is InChI=1S/C22H25N3O3S.C2HF3O2/c26-21(22-12-15-9-16(13-22)11-17(10-15)14-22)24-18-4-6-19(7-5-18)29(27,28)25-20-3-1-2-8-23-20;3-2(4,5)1(6)7/h1-8,15-17H,9-14H2,(H,23,25)(H,24,26);(H,6,7). The van der Waals surface area contributed by atoms with Crippen molar-refractivity contribution in [3.8, 4) is 0 Å². The molecular formula is C24H26F3N3O5S. The van der Waals surface area contributed by atoms with Gasteiger partial charge in [-0.2, -0.15) is 13.2 Å². The Hall–Kier alpha value is -3.15. The van der Waals surface area contributed by atoms with Gasteiger partial charge in [-0.25, -0.2) is 18.2 Å². The van der Waals surface area contributed by atoms with Crippen LogP contribution in [0.2, 0.25) is 0 Å². The Morgan fingerprint density at radius 1 is 0.944 bits per heavy atom. The van der Waals surface area contributed by atoms with Gasteiger partial charge in [-0.1, -0.05) is 6.07 Å². The highest BCUT2D eigenvalue weighted by Gasteiger charge is 2.54. The number of sulfonamides is 1. The number of alkyl halides is 3. The molecule has 0 saturated heterocycles. The Kier molecular flexibility index (Phi) is 7.00. The first-order valence-corrected chi connectivity index (χ1v) is 13.0. The summed E-state index contributed by atoms with van der Waals surface area (Å²) in [5.74, 6) is -0.260. The maximum absolute atomic E-state index is 13.1. The van der Waals surface area contributed by atoms with E-state index in [0.29, 0.717) is 23.4 Å². The summed E-state index contributed by atoms with van der Waals surface area (Å²) >= 11 is 0. The van der Waals surface area contributed by atoms with Crippen LogP contribution in [-0.4, -0.2) is 36.6 Å². The quantitative estimate of drug-likeness (QED) is 0.521. The van der Waals surface area contributed by atoms with Crippen molar-refractivity contribution in [1.82, 2.24) is 4.98 Å². The van der Waals surface area contributed by atoms with Gasteiger partial charge in [0.05, 0.1) is 10.3 Å². The van der Waals surface area contributed by atoms with E-state index in [1.54, 1.807) is 30.3 Å². The zero-order valence-electron chi connectivity index (χ0n) is 19.2. The molecule has 8 nitrogen and oxygen atoms in total. The van der Waals surface area contributed by atoms with Gasteiger partial charge in [0.2, 0.25) is 5.91 Å².